The molecular weight excluding hydrogens is 372 g/mol. The van der Waals surface area contributed by atoms with Crippen molar-refractivity contribution >= 4 is 11.9 Å². The Bertz CT molecular complexity index is 822. The highest BCUT2D eigenvalue weighted by Crippen LogP contribution is 2.27. The van der Waals surface area contributed by atoms with E-state index < -0.39 is 0 Å². The lowest BCUT2D eigenvalue weighted by molar-refractivity contribution is 0.0954. The van der Waals surface area contributed by atoms with Crippen LogP contribution in [0.2, 0.25) is 0 Å². The van der Waals surface area contributed by atoms with Gasteiger partial charge in [0.05, 0.1) is 21.3 Å². The van der Waals surface area contributed by atoms with Crippen LogP contribution < -0.4 is 30.2 Å². The molecule has 29 heavy (non-hydrogen) atoms. The third-order valence-electron chi connectivity index (χ3n) is 4.19. The number of rotatable bonds is 9. The summed E-state index contributed by atoms with van der Waals surface area (Å²) in [6.45, 7) is 1.56. The van der Waals surface area contributed by atoms with E-state index in [0.717, 1.165) is 5.56 Å². The van der Waals surface area contributed by atoms with Crippen molar-refractivity contribution in [2.75, 3.05) is 41.5 Å². The molecule has 0 aliphatic carbocycles. The molecule has 3 N–H and O–H groups in total. The van der Waals surface area contributed by atoms with Crippen LogP contribution in [0, 0.1) is 0 Å². The normalized spacial score (nSPS) is 10.8. The van der Waals surface area contributed by atoms with Crippen molar-refractivity contribution in [2.45, 2.75) is 6.54 Å². The summed E-state index contributed by atoms with van der Waals surface area (Å²) in [7, 11) is 6.50. The summed E-state index contributed by atoms with van der Waals surface area (Å²) in [6.07, 6.45) is 0. The van der Waals surface area contributed by atoms with E-state index in [1.807, 2.05) is 18.2 Å². The summed E-state index contributed by atoms with van der Waals surface area (Å²) in [6, 6.07) is 12.7. The fourth-order valence-electron chi connectivity index (χ4n) is 2.60. The van der Waals surface area contributed by atoms with E-state index in [1.54, 1.807) is 52.6 Å². The summed E-state index contributed by atoms with van der Waals surface area (Å²) in [4.78, 5) is 16.3. The Morgan fingerprint density at radius 1 is 0.862 bits per heavy atom. The predicted molar refractivity (Wildman–Crippen MR) is 113 cm³/mol. The zero-order valence-electron chi connectivity index (χ0n) is 17.2. The molecule has 0 saturated heterocycles. The molecule has 0 spiro atoms. The highest BCUT2D eigenvalue weighted by molar-refractivity contribution is 5.94. The molecule has 2 rings (SSSR count). The van der Waals surface area contributed by atoms with E-state index in [9.17, 15) is 4.79 Å². The molecule has 0 unspecified atom stereocenters. The van der Waals surface area contributed by atoms with Gasteiger partial charge in [0, 0.05) is 32.2 Å². The second kappa shape index (κ2) is 11.4. The summed E-state index contributed by atoms with van der Waals surface area (Å²) in [5.74, 6) is 2.58. The van der Waals surface area contributed by atoms with Gasteiger partial charge in [0.2, 0.25) is 0 Å². The van der Waals surface area contributed by atoms with Crippen molar-refractivity contribution in [3.63, 3.8) is 0 Å². The first-order chi connectivity index (χ1) is 14.1. The number of ether oxygens (including phenoxy) is 3. The average molecular weight is 400 g/mol. The molecule has 0 aliphatic heterocycles. The third-order valence-corrected chi connectivity index (χ3v) is 4.19. The maximum atomic E-state index is 12.1. The van der Waals surface area contributed by atoms with Crippen molar-refractivity contribution in [2.24, 2.45) is 4.99 Å². The number of hydrogen-bond acceptors (Lipinski definition) is 5. The zero-order chi connectivity index (χ0) is 21.1. The van der Waals surface area contributed by atoms with Gasteiger partial charge in [0.1, 0.15) is 5.75 Å². The van der Waals surface area contributed by atoms with E-state index in [4.69, 9.17) is 14.2 Å². The van der Waals surface area contributed by atoms with E-state index in [1.165, 1.54) is 0 Å². The van der Waals surface area contributed by atoms with Gasteiger partial charge in [-0.05, 0) is 42.0 Å². The largest absolute Gasteiger partial charge is 0.497 e. The molecule has 0 heterocycles. The third kappa shape index (κ3) is 6.60. The maximum Gasteiger partial charge on any atom is 0.251 e. The number of aliphatic imine (C=N–C) groups is 1. The summed E-state index contributed by atoms with van der Waals surface area (Å²) in [5, 5.41) is 9.25. The van der Waals surface area contributed by atoms with E-state index in [2.05, 4.69) is 20.9 Å². The van der Waals surface area contributed by atoms with Crippen LogP contribution in [-0.4, -0.2) is 53.3 Å². The number of hydrogen-bond donors (Lipinski definition) is 3. The lowest BCUT2D eigenvalue weighted by Gasteiger charge is -2.14. The lowest BCUT2D eigenvalue weighted by Crippen LogP contribution is -2.41. The Labute approximate surface area is 171 Å². The second-order valence-electron chi connectivity index (χ2n) is 6.03. The van der Waals surface area contributed by atoms with Crippen LogP contribution in [0.4, 0.5) is 0 Å². The van der Waals surface area contributed by atoms with Crippen LogP contribution in [0.25, 0.3) is 0 Å². The van der Waals surface area contributed by atoms with Crippen LogP contribution in [0.3, 0.4) is 0 Å². The molecule has 0 fully saturated rings. The second-order valence-corrected chi connectivity index (χ2v) is 6.03. The van der Waals surface area contributed by atoms with Crippen LogP contribution in [0.15, 0.2) is 47.5 Å². The van der Waals surface area contributed by atoms with Gasteiger partial charge in [-0.2, -0.15) is 0 Å². The smallest absolute Gasteiger partial charge is 0.251 e. The van der Waals surface area contributed by atoms with Crippen molar-refractivity contribution in [3.05, 3.63) is 53.6 Å². The van der Waals surface area contributed by atoms with Crippen molar-refractivity contribution in [1.29, 1.82) is 0 Å². The van der Waals surface area contributed by atoms with Crippen LogP contribution in [0.1, 0.15) is 15.9 Å². The SMILES string of the molecule is CN=C(NCCNC(=O)c1ccc(OC)cc1)NCc1ccc(OC)c(OC)c1. The molecular formula is C21H28N4O4. The highest BCUT2D eigenvalue weighted by Gasteiger charge is 2.07. The fourth-order valence-corrected chi connectivity index (χ4v) is 2.60. The Balaban J connectivity index is 1.75. The van der Waals surface area contributed by atoms with E-state index in [0.29, 0.717) is 48.4 Å². The van der Waals surface area contributed by atoms with Gasteiger partial charge >= 0.3 is 0 Å². The van der Waals surface area contributed by atoms with Crippen molar-refractivity contribution in [1.82, 2.24) is 16.0 Å². The fraction of sp³-hybridized carbons (Fsp3) is 0.333. The number of amides is 1. The highest BCUT2D eigenvalue weighted by atomic mass is 16.5. The Kier molecular flexibility index (Phi) is 8.62. The number of carbonyl (C=O) groups excluding carboxylic acids is 1. The average Bonchev–Trinajstić information content (AvgIpc) is 2.78. The van der Waals surface area contributed by atoms with Crippen LogP contribution in [-0.2, 0) is 6.54 Å². The molecule has 2 aromatic carbocycles. The lowest BCUT2D eigenvalue weighted by atomic mass is 10.2. The molecule has 0 saturated carbocycles. The molecule has 8 heteroatoms. The molecule has 156 valence electrons. The van der Waals surface area contributed by atoms with Crippen molar-refractivity contribution in [3.8, 4) is 17.2 Å². The summed E-state index contributed by atoms with van der Waals surface area (Å²) < 4.78 is 15.6. The Morgan fingerprint density at radius 3 is 2.17 bits per heavy atom. The zero-order valence-corrected chi connectivity index (χ0v) is 17.2. The number of benzene rings is 2. The van der Waals surface area contributed by atoms with Crippen LogP contribution >= 0.6 is 0 Å². The predicted octanol–water partition coefficient (Wildman–Crippen LogP) is 1.81. The number of methoxy groups -OCH3 is 3. The van der Waals surface area contributed by atoms with E-state index >= 15 is 0 Å². The van der Waals surface area contributed by atoms with Gasteiger partial charge in [-0.3, -0.25) is 9.79 Å². The molecule has 2 aromatic rings. The standard InChI is InChI=1S/C21H28N4O4/c1-22-21(25-14-15-5-10-18(28-3)19(13-15)29-4)24-12-11-23-20(26)16-6-8-17(27-2)9-7-16/h5-10,13H,11-12,14H2,1-4H3,(H,23,26)(H2,22,24,25). The molecule has 8 nitrogen and oxygen atoms in total. The van der Waals surface area contributed by atoms with Crippen molar-refractivity contribution < 1.29 is 19.0 Å². The number of guanidine groups is 1. The molecule has 0 aliphatic rings. The van der Waals surface area contributed by atoms with Gasteiger partial charge in [0.25, 0.3) is 5.91 Å². The first-order valence-corrected chi connectivity index (χ1v) is 9.19. The quantitative estimate of drug-likeness (QED) is 0.338. The maximum absolute atomic E-state index is 12.1. The van der Waals surface area contributed by atoms with Gasteiger partial charge in [-0.25, -0.2) is 0 Å². The summed E-state index contributed by atoms with van der Waals surface area (Å²) in [5.41, 5.74) is 1.61. The monoisotopic (exact) mass is 400 g/mol. The minimum atomic E-state index is -0.136. The number of nitrogens with one attached hydrogen (secondary N) is 3. The Hall–Kier alpha value is -3.42. The van der Waals surface area contributed by atoms with Crippen LogP contribution in [0.5, 0.6) is 17.2 Å². The topological polar surface area (TPSA) is 93.2 Å². The number of carbonyl (C=O) groups is 1. The van der Waals surface area contributed by atoms with E-state index in [-0.39, 0.29) is 5.91 Å². The molecule has 0 atom stereocenters. The Morgan fingerprint density at radius 2 is 1.55 bits per heavy atom. The molecule has 0 bridgehead atoms. The molecule has 0 aromatic heterocycles. The minimum absolute atomic E-state index is 0.136. The van der Waals surface area contributed by atoms with Gasteiger partial charge in [0.15, 0.2) is 17.5 Å². The minimum Gasteiger partial charge on any atom is -0.497 e. The molecule has 1 amide bonds. The molecule has 0 radical (unpaired) electrons. The number of nitrogens with zero attached hydrogens (tertiary/aromatic N) is 1. The first kappa shape index (κ1) is 21.9. The van der Waals surface area contributed by atoms with Gasteiger partial charge in [-0.1, -0.05) is 6.07 Å². The first-order valence-electron chi connectivity index (χ1n) is 9.19. The van der Waals surface area contributed by atoms with Gasteiger partial charge in [-0.15, -0.1) is 0 Å². The summed E-state index contributed by atoms with van der Waals surface area (Å²) >= 11 is 0. The van der Waals surface area contributed by atoms with Gasteiger partial charge < -0.3 is 30.2 Å².